The van der Waals surface area contributed by atoms with E-state index in [2.05, 4.69) is 0 Å². The Bertz CT molecular complexity index is 82.0. The van der Waals surface area contributed by atoms with E-state index in [1.807, 2.05) is 0 Å². The summed E-state index contributed by atoms with van der Waals surface area (Å²) in [4.78, 5) is 9.05. The molecular weight excluding hydrogens is 196 g/mol. The number of amides is 1. The van der Waals surface area contributed by atoms with Crippen molar-refractivity contribution in [2.45, 2.75) is 4.84 Å². The van der Waals surface area contributed by atoms with Crippen LogP contribution < -0.4 is 0 Å². The van der Waals surface area contributed by atoms with Gasteiger partial charge < -0.3 is 0 Å². The van der Waals surface area contributed by atoms with Gasteiger partial charge in [-0.25, -0.2) is 0 Å². The maximum absolute atomic E-state index is 10.2. The van der Waals surface area contributed by atoms with Crippen LogP contribution >= 0.6 is 46.8 Å². The van der Waals surface area contributed by atoms with Crippen LogP contribution in [0.25, 0.3) is 0 Å². The Labute approximate surface area is 66.5 Å². The monoisotopic (exact) mass is 195 g/mol. The van der Waals surface area contributed by atoms with Crippen molar-refractivity contribution in [1.82, 2.24) is 3.94 Å². The molecule has 0 unspecified atom stereocenters. The van der Waals surface area contributed by atoms with E-state index < -0.39 is 10.7 Å². The molecule has 0 N–H and O–H groups in total. The maximum Gasteiger partial charge on any atom is 0.285 e. The minimum absolute atomic E-state index is 0.282. The van der Waals surface area contributed by atoms with Crippen molar-refractivity contribution in [3.05, 3.63) is 0 Å². The third kappa shape index (κ3) is 2.82. The Morgan fingerprint density at radius 2 is 1.75 bits per heavy atom. The van der Waals surface area contributed by atoms with Crippen molar-refractivity contribution >= 4 is 52.7 Å². The third-order valence-electron chi connectivity index (χ3n) is 0.353. The second-order valence-corrected chi connectivity index (χ2v) is 2.82. The first-order valence-corrected chi connectivity index (χ1v) is 3.04. The zero-order chi connectivity index (χ0) is 6.73. The van der Waals surface area contributed by atoms with Gasteiger partial charge >= 0.3 is 0 Å². The Morgan fingerprint density at radius 3 is 1.75 bits per heavy atom. The van der Waals surface area contributed by atoms with Gasteiger partial charge in [0.1, 0.15) is 0 Å². The summed E-state index contributed by atoms with van der Waals surface area (Å²) in [7, 11) is 0. The van der Waals surface area contributed by atoms with Gasteiger partial charge in [0.05, 0.1) is 0 Å². The fraction of sp³-hybridized carbons (Fsp3) is 0.500. The van der Waals surface area contributed by atoms with Crippen LogP contribution in [0.4, 0.5) is 0 Å². The normalized spacial score (nSPS) is 9.62. The number of nitrogens with zero attached hydrogens (tertiary/aromatic N) is 1. The van der Waals surface area contributed by atoms with Crippen molar-refractivity contribution in [3.63, 3.8) is 0 Å². The first kappa shape index (κ1) is 8.63. The predicted molar refractivity (Wildman–Crippen MR) is 34.0 cm³/mol. The smallest absolute Gasteiger partial charge is 0.269 e. The van der Waals surface area contributed by atoms with Crippen LogP contribution in [-0.4, -0.2) is 14.7 Å². The van der Waals surface area contributed by atoms with Crippen LogP contribution in [0.15, 0.2) is 0 Å². The first-order chi connectivity index (χ1) is 3.55. The third-order valence-corrected chi connectivity index (χ3v) is 1.06. The van der Waals surface area contributed by atoms with Crippen LogP contribution in [0.2, 0.25) is 0 Å². The lowest BCUT2D eigenvalue weighted by Gasteiger charge is -2.01. The molecule has 48 valence electrons. The van der Waals surface area contributed by atoms with E-state index in [9.17, 15) is 4.79 Å². The summed E-state index contributed by atoms with van der Waals surface area (Å²) in [5.41, 5.74) is 0. The molecule has 0 aromatic rings. The molecule has 0 atom stereocenters. The molecule has 0 aliphatic rings. The molecule has 0 aliphatic heterocycles. The highest BCUT2D eigenvalue weighted by molar-refractivity contribution is 6.57. The number of hydrogen-bond acceptors (Lipinski definition) is 1. The zero-order valence-corrected chi connectivity index (χ0v) is 6.47. The van der Waals surface area contributed by atoms with Gasteiger partial charge in [0, 0.05) is 23.6 Å². The molecule has 1 amide bonds. The van der Waals surface area contributed by atoms with Gasteiger partial charge in [-0.1, -0.05) is 23.2 Å². The first-order valence-electron chi connectivity index (χ1n) is 1.49. The second kappa shape index (κ2) is 3.62. The summed E-state index contributed by atoms with van der Waals surface area (Å²) < 4.78 is 0.282. The van der Waals surface area contributed by atoms with Crippen LogP contribution in [0, 0.1) is 0 Å². The highest BCUT2D eigenvalue weighted by Gasteiger charge is 2.16. The SMILES string of the molecule is O=C(C(Cl)Cl)N(Cl)Cl. The predicted octanol–water partition coefficient (Wildman–Crippen LogP) is 1.93. The molecule has 0 aliphatic carbocycles. The fourth-order valence-electron chi connectivity index (χ4n) is 0.0738. The van der Waals surface area contributed by atoms with Gasteiger partial charge in [0.15, 0.2) is 4.84 Å². The molecule has 2 nitrogen and oxygen atoms in total. The zero-order valence-electron chi connectivity index (χ0n) is 3.44. The minimum atomic E-state index is -1.19. The highest BCUT2D eigenvalue weighted by Crippen LogP contribution is 2.10. The second-order valence-electron chi connectivity index (χ2n) is 0.872. The number of alkyl halides is 2. The van der Waals surface area contributed by atoms with Crippen molar-refractivity contribution < 1.29 is 4.79 Å². The molecule has 0 saturated heterocycles. The summed E-state index contributed by atoms with van der Waals surface area (Å²) in [6.45, 7) is 0. The van der Waals surface area contributed by atoms with Crippen LogP contribution in [0.5, 0.6) is 0 Å². The lowest BCUT2D eigenvalue weighted by molar-refractivity contribution is -0.121. The molecular formula is C2HCl4NO. The van der Waals surface area contributed by atoms with Crippen molar-refractivity contribution in [2.75, 3.05) is 0 Å². The van der Waals surface area contributed by atoms with E-state index in [0.717, 1.165) is 0 Å². The van der Waals surface area contributed by atoms with Crippen LogP contribution in [0.1, 0.15) is 0 Å². The molecule has 0 rings (SSSR count). The highest BCUT2D eigenvalue weighted by atomic mass is 35.5. The number of halogens is 4. The molecule has 0 spiro atoms. The van der Waals surface area contributed by atoms with Gasteiger partial charge in [-0.15, -0.1) is 0 Å². The van der Waals surface area contributed by atoms with E-state index in [0.29, 0.717) is 0 Å². The van der Waals surface area contributed by atoms with E-state index in [4.69, 9.17) is 46.8 Å². The molecule has 0 bridgehead atoms. The molecule has 0 saturated carbocycles. The molecule has 0 aromatic carbocycles. The van der Waals surface area contributed by atoms with Gasteiger partial charge in [0.2, 0.25) is 0 Å². The van der Waals surface area contributed by atoms with E-state index in [1.165, 1.54) is 0 Å². The maximum atomic E-state index is 10.2. The quantitative estimate of drug-likeness (QED) is 0.464. The van der Waals surface area contributed by atoms with Crippen LogP contribution in [-0.2, 0) is 4.79 Å². The number of hydrogen-bond donors (Lipinski definition) is 0. The number of rotatable bonds is 1. The van der Waals surface area contributed by atoms with Gasteiger partial charge in [-0.2, -0.15) is 3.94 Å². The number of carbonyl (C=O) groups excluding carboxylic acids is 1. The minimum Gasteiger partial charge on any atom is -0.269 e. The van der Waals surface area contributed by atoms with Crippen molar-refractivity contribution in [3.8, 4) is 0 Å². The molecule has 8 heavy (non-hydrogen) atoms. The Kier molecular flexibility index (Phi) is 3.90. The summed E-state index contributed by atoms with van der Waals surface area (Å²) in [6.07, 6.45) is 0. The molecule has 0 aromatic heterocycles. The topological polar surface area (TPSA) is 20.3 Å². The standard InChI is InChI=1S/C2HCl4NO/c3-1(4)2(8)7(5)6/h1H. The molecule has 0 heterocycles. The molecule has 6 heteroatoms. The number of carbonyl (C=O) groups is 1. The summed E-state index contributed by atoms with van der Waals surface area (Å²) >= 11 is 19.9. The fourth-order valence-corrected chi connectivity index (χ4v) is 0.664. The molecule has 0 fully saturated rings. The Morgan fingerprint density at radius 1 is 1.38 bits per heavy atom. The summed E-state index contributed by atoms with van der Waals surface area (Å²) in [5, 5.41) is 0. The average Bonchev–Trinajstić information content (AvgIpc) is 1.64. The molecule has 0 radical (unpaired) electrons. The van der Waals surface area contributed by atoms with E-state index >= 15 is 0 Å². The van der Waals surface area contributed by atoms with Crippen molar-refractivity contribution in [1.29, 1.82) is 0 Å². The largest absolute Gasteiger partial charge is 0.285 e. The van der Waals surface area contributed by atoms with Crippen LogP contribution in [0.3, 0.4) is 0 Å². The Balaban J connectivity index is 3.65. The summed E-state index contributed by atoms with van der Waals surface area (Å²) in [5.74, 6) is -0.753. The lowest BCUT2D eigenvalue weighted by atomic mass is 10.8. The lowest BCUT2D eigenvalue weighted by Crippen LogP contribution is -2.17. The van der Waals surface area contributed by atoms with Crippen molar-refractivity contribution in [2.24, 2.45) is 0 Å². The van der Waals surface area contributed by atoms with E-state index in [1.54, 1.807) is 0 Å². The Hall–Kier alpha value is 0.630. The van der Waals surface area contributed by atoms with Gasteiger partial charge in [-0.3, -0.25) is 4.79 Å². The van der Waals surface area contributed by atoms with Gasteiger partial charge in [-0.05, 0) is 0 Å². The summed E-state index contributed by atoms with van der Waals surface area (Å²) in [6, 6.07) is 0. The average molecular weight is 197 g/mol. The van der Waals surface area contributed by atoms with Gasteiger partial charge in [0.25, 0.3) is 5.91 Å². The van der Waals surface area contributed by atoms with E-state index in [-0.39, 0.29) is 3.94 Å².